The molecule has 0 aliphatic carbocycles. The van der Waals surface area contributed by atoms with E-state index >= 15 is 0 Å². The van der Waals surface area contributed by atoms with E-state index in [1.165, 1.54) is 5.56 Å². The molecule has 2 heterocycles. The Bertz CT molecular complexity index is 512. The van der Waals surface area contributed by atoms with Crippen molar-refractivity contribution in [2.45, 2.75) is 31.2 Å². The number of rotatable bonds is 3. The van der Waals surface area contributed by atoms with Gasteiger partial charge in [0.15, 0.2) is 0 Å². The Morgan fingerprint density at radius 3 is 2.68 bits per heavy atom. The van der Waals surface area contributed by atoms with Crippen molar-refractivity contribution >= 4 is 18.3 Å². The van der Waals surface area contributed by atoms with Crippen LogP contribution >= 0.6 is 12.4 Å². The molecule has 1 amide bonds. The van der Waals surface area contributed by atoms with Gasteiger partial charge in [-0.15, -0.1) is 12.4 Å². The highest BCUT2D eigenvalue weighted by Gasteiger charge is 2.44. The van der Waals surface area contributed by atoms with E-state index in [1.54, 1.807) is 4.90 Å². The normalized spacial score (nSPS) is 26.7. The molecule has 22 heavy (non-hydrogen) atoms. The number of hydrogen-bond donors (Lipinski definition) is 1. The van der Waals surface area contributed by atoms with Gasteiger partial charge in [-0.05, 0) is 24.3 Å². The predicted octanol–water partition coefficient (Wildman–Crippen LogP) is 2.50. The fourth-order valence-corrected chi connectivity index (χ4v) is 3.26. The van der Waals surface area contributed by atoms with Crippen LogP contribution in [-0.4, -0.2) is 42.4 Å². The van der Waals surface area contributed by atoms with Crippen LogP contribution in [0.3, 0.4) is 0 Å². The lowest BCUT2D eigenvalue weighted by molar-refractivity contribution is -0.132. The first-order valence-electron chi connectivity index (χ1n) is 7.47. The quantitative estimate of drug-likeness (QED) is 0.923. The van der Waals surface area contributed by atoms with Gasteiger partial charge in [-0.25, -0.2) is 8.78 Å². The topological polar surface area (TPSA) is 32.3 Å². The minimum absolute atomic E-state index is 0. The lowest BCUT2D eigenvalue weighted by atomic mass is 9.99. The molecule has 2 saturated heterocycles. The molecule has 3 rings (SSSR count). The molecule has 2 aliphatic heterocycles. The summed E-state index contributed by atoms with van der Waals surface area (Å²) >= 11 is 0. The van der Waals surface area contributed by atoms with Crippen molar-refractivity contribution in [2.75, 3.05) is 19.6 Å². The van der Waals surface area contributed by atoms with Gasteiger partial charge < -0.3 is 4.90 Å². The maximum Gasteiger partial charge on any atom is 0.262 e. The SMILES string of the molecule is Cl.O=C(C1CC(F)(F)CN1)N1CCC(Cc2ccccc2)C1. The summed E-state index contributed by atoms with van der Waals surface area (Å²) < 4.78 is 26.3. The van der Waals surface area contributed by atoms with Crippen LogP contribution in [-0.2, 0) is 11.2 Å². The highest BCUT2D eigenvalue weighted by atomic mass is 35.5. The van der Waals surface area contributed by atoms with Crippen LogP contribution in [0, 0.1) is 5.92 Å². The summed E-state index contributed by atoms with van der Waals surface area (Å²) in [5, 5.41) is 2.65. The summed E-state index contributed by atoms with van der Waals surface area (Å²) in [4.78, 5) is 14.0. The second-order valence-corrected chi connectivity index (χ2v) is 6.12. The zero-order chi connectivity index (χ0) is 14.9. The minimum atomic E-state index is -2.75. The molecule has 6 heteroatoms. The molecule has 0 spiro atoms. The molecule has 122 valence electrons. The molecule has 2 atom stereocenters. The van der Waals surface area contributed by atoms with Gasteiger partial charge in [-0.3, -0.25) is 10.1 Å². The summed E-state index contributed by atoms with van der Waals surface area (Å²) in [7, 11) is 0. The van der Waals surface area contributed by atoms with Gasteiger partial charge in [-0.2, -0.15) is 0 Å². The number of carbonyl (C=O) groups is 1. The Labute approximate surface area is 135 Å². The summed E-state index contributed by atoms with van der Waals surface area (Å²) in [6, 6.07) is 9.47. The molecule has 1 N–H and O–H groups in total. The van der Waals surface area contributed by atoms with E-state index in [9.17, 15) is 13.6 Å². The molecule has 2 unspecified atom stereocenters. The van der Waals surface area contributed by atoms with Gasteiger partial charge in [0.05, 0.1) is 12.6 Å². The van der Waals surface area contributed by atoms with Crippen LogP contribution in [0.5, 0.6) is 0 Å². The lowest BCUT2D eigenvalue weighted by Gasteiger charge is -2.20. The largest absolute Gasteiger partial charge is 0.341 e. The number of nitrogens with one attached hydrogen (secondary N) is 1. The number of benzene rings is 1. The molecular formula is C16H21ClF2N2O. The Morgan fingerprint density at radius 2 is 2.05 bits per heavy atom. The Balaban J connectivity index is 0.00000176. The molecule has 0 saturated carbocycles. The van der Waals surface area contributed by atoms with Crippen molar-refractivity contribution in [3.8, 4) is 0 Å². The third kappa shape index (κ3) is 3.96. The summed E-state index contributed by atoms with van der Waals surface area (Å²) in [5.74, 6) is -2.48. The number of nitrogens with zero attached hydrogens (tertiary/aromatic N) is 1. The second kappa shape index (κ2) is 6.92. The van der Waals surface area contributed by atoms with Gasteiger partial charge in [-0.1, -0.05) is 30.3 Å². The third-order valence-corrected chi connectivity index (χ3v) is 4.37. The first kappa shape index (κ1) is 17.2. The number of halogens is 3. The standard InChI is InChI=1S/C16H20F2N2O.ClH/c17-16(18)9-14(19-11-16)15(21)20-7-6-13(10-20)8-12-4-2-1-3-5-12;/h1-5,13-14,19H,6-11H2;1H. The zero-order valence-corrected chi connectivity index (χ0v) is 13.1. The van der Waals surface area contributed by atoms with Crippen molar-refractivity contribution in [3.05, 3.63) is 35.9 Å². The molecule has 3 nitrogen and oxygen atoms in total. The van der Waals surface area contributed by atoms with Gasteiger partial charge >= 0.3 is 0 Å². The van der Waals surface area contributed by atoms with Gasteiger partial charge in [0.1, 0.15) is 0 Å². The smallest absolute Gasteiger partial charge is 0.262 e. The highest BCUT2D eigenvalue weighted by molar-refractivity contribution is 5.85. The van der Waals surface area contributed by atoms with Crippen molar-refractivity contribution in [3.63, 3.8) is 0 Å². The van der Waals surface area contributed by atoms with Crippen LogP contribution in [0.25, 0.3) is 0 Å². The van der Waals surface area contributed by atoms with Crippen LogP contribution in [0.4, 0.5) is 8.78 Å². The van der Waals surface area contributed by atoms with E-state index in [1.807, 2.05) is 18.2 Å². The fraction of sp³-hybridized carbons (Fsp3) is 0.562. The molecular weight excluding hydrogens is 310 g/mol. The second-order valence-electron chi connectivity index (χ2n) is 6.12. The monoisotopic (exact) mass is 330 g/mol. The number of hydrogen-bond acceptors (Lipinski definition) is 2. The molecule has 2 fully saturated rings. The molecule has 1 aromatic carbocycles. The molecule has 1 aromatic rings. The summed E-state index contributed by atoms with van der Waals surface area (Å²) in [6.45, 7) is 0.974. The summed E-state index contributed by atoms with van der Waals surface area (Å²) in [5.41, 5.74) is 1.27. The first-order valence-corrected chi connectivity index (χ1v) is 7.47. The van der Waals surface area contributed by atoms with E-state index in [-0.39, 0.29) is 31.3 Å². The van der Waals surface area contributed by atoms with E-state index in [4.69, 9.17) is 0 Å². The van der Waals surface area contributed by atoms with Crippen LogP contribution in [0.15, 0.2) is 30.3 Å². The Kier molecular flexibility index (Phi) is 5.40. The van der Waals surface area contributed by atoms with Crippen LogP contribution < -0.4 is 5.32 Å². The zero-order valence-electron chi connectivity index (χ0n) is 12.3. The fourth-order valence-electron chi connectivity index (χ4n) is 3.26. The van der Waals surface area contributed by atoms with E-state index in [2.05, 4.69) is 17.4 Å². The van der Waals surface area contributed by atoms with Gasteiger partial charge in [0.25, 0.3) is 5.92 Å². The maximum atomic E-state index is 13.2. The summed E-state index contributed by atoms with van der Waals surface area (Å²) in [6.07, 6.45) is 1.52. The Hall–Kier alpha value is -1.20. The van der Waals surface area contributed by atoms with Crippen LogP contribution in [0.1, 0.15) is 18.4 Å². The van der Waals surface area contributed by atoms with Crippen molar-refractivity contribution in [1.82, 2.24) is 10.2 Å². The van der Waals surface area contributed by atoms with Gasteiger partial charge in [0, 0.05) is 19.5 Å². The average Bonchev–Trinajstić information content (AvgIpc) is 3.06. The highest BCUT2D eigenvalue weighted by Crippen LogP contribution is 2.28. The third-order valence-electron chi connectivity index (χ3n) is 4.37. The molecule has 2 aliphatic rings. The number of carbonyl (C=O) groups excluding carboxylic acids is 1. The number of likely N-dealkylation sites (tertiary alicyclic amines) is 1. The number of alkyl halides is 2. The first-order chi connectivity index (χ1) is 10.0. The minimum Gasteiger partial charge on any atom is -0.341 e. The molecule has 0 radical (unpaired) electrons. The maximum absolute atomic E-state index is 13.2. The van der Waals surface area contributed by atoms with Crippen LogP contribution in [0.2, 0.25) is 0 Å². The van der Waals surface area contributed by atoms with E-state index in [0.717, 1.165) is 12.8 Å². The van der Waals surface area contributed by atoms with Gasteiger partial charge in [0.2, 0.25) is 5.91 Å². The van der Waals surface area contributed by atoms with E-state index < -0.39 is 12.0 Å². The van der Waals surface area contributed by atoms with E-state index in [0.29, 0.717) is 19.0 Å². The van der Waals surface area contributed by atoms with Crippen molar-refractivity contribution in [2.24, 2.45) is 5.92 Å². The van der Waals surface area contributed by atoms with Crippen molar-refractivity contribution < 1.29 is 13.6 Å². The number of amides is 1. The Morgan fingerprint density at radius 1 is 1.32 bits per heavy atom. The average molecular weight is 331 g/mol. The molecule has 0 bridgehead atoms. The molecule has 0 aromatic heterocycles. The predicted molar refractivity (Wildman–Crippen MR) is 83.4 cm³/mol. The lowest BCUT2D eigenvalue weighted by Crippen LogP contribution is -2.42. The van der Waals surface area contributed by atoms with Crippen molar-refractivity contribution in [1.29, 1.82) is 0 Å².